The number of nitrogen functional groups attached to an aromatic ring is 1. The topological polar surface area (TPSA) is 49.6 Å². The molecule has 0 bridgehead atoms. The molecule has 110 valence electrons. The molecule has 1 aromatic carbocycles. The van der Waals surface area contributed by atoms with Gasteiger partial charge in [-0.2, -0.15) is 0 Å². The molecule has 2 unspecified atom stereocenters. The Hall–Kier alpha value is -1.71. The minimum atomic E-state index is -0.00948. The summed E-state index contributed by atoms with van der Waals surface area (Å²) in [6, 6.07) is 6.75. The Morgan fingerprint density at radius 2 is 2.10 bits per heavy atom. The first-order chi connectivity index (χ1) is 9.45. The Morgan fingerprint density at radius 3 is 2.65 bits per heavy atom. The van der Waals surface area contributed by atoms with Crippen LogP contribution in [0.2, 0.25) is 0 Å². The molecular formula is C16H25N3O. The van der Waals surface area contributed by atoms with Crippen LogP contribution in [0.15, 0.2) is 18.2 Å². The highest BCUT2D eigenvalue weighted by Gasteiger charge is 2.30. The van der Waals surface area contributed by atoms with Gasteiger partial charge in [-0.15, -0.1) is 0 Å². The summed E-state index contributed by atoms with van der Waals surface area (Å²) >= 11 is 0. The third kappa shape index (κ3) is 2.60. The van der Waals surface area contributed by atoms with E-state index in [0.717, 1.165) is 12.1 Å². The molecule has 0 radical (unpaired) electrons. The van der Waals surface area contributed by atoms with Gasteiger partial charge in [-0.1, -0.05) is 6.92 Å². The van der Waals surface area contributed by atoms with Gasteiger partial charge in [-0.25, -0.2) is 0 Å². The molecule has 20 heavy (non-hydrogen) atoms. The van der Waals surface area contributed by atoms with E-state index in [0.29, 0.717) is 23.3 Å². The van der Waals surface area contributed by atoms with E-state index >= 15 is 0 Å². The first-order valence-corrected chi connectivity index (χ1v) is 7.35. The molecule has 1 aliphatic rings. The zero-order valence-electron chi connectivity index (χ0n) is 12.9. The van der Waals surface area contributed by atoms with Crippen molar-refractivity contribution in [2.75, 3.05) is 24.7 Å². The van der Waals surface area contributed by atoms with Gasteiger partial charge in [0.2, 0.25) is 0 Å². The van der Waals surface area contributed by atoms with E-state index < -0.39 is 0 Å². The molecule has 4 heteroatoms. The van der Waals surface area contributed by atoms with Crippen LogP contribution >= 0.6 is 0 Å². The monoisotopic (exact) mass is 275 g/mol. The first-order valence-electron chi connectivity index (χ1n) is 7.35. The van der Waals surface area contributed by atoms with E-state index in [1.165, 1.54) is 12.8 Å². The lowest BCUT2D eigenvalue weighted by atomic mass is 10.1. The smallest absolute Gasteiger partial charge is 0.253 e. The van der Waals surface area contributed by atoms with Crippen molar-refractivity contribution in [1.82, 2.24) is 4.90 Å². The average molecular weight is 275 g/mol. The normalized spacial score (nSPS) is 22.1. The van der Waals surface area contributed by atoms with E-state index in [1.807, 2.05) is 12.1 Å². The molecule has 1 fully saturated rings. The predicted octanol–water partition coefficient (Wildman–Crippen LogP) is 2.74. The molecule has 4 nitrogen and oxygen atoms in total. The van der Waals surface area contributed by atoms with Crippen LogP contribution in [0.5, 0.6) is 0 Å². The van der Waals surface area contributed by atoms with E-state index in [9.17, 15) is 4.79 Å². The molecule has 1 aromatic rings. The highest BCUT2D eigenvalue weighted by atomic mass is 16.2. The Bertz CT molecular complexity index is 498. The molecule has 1 amide bonds. The number of carbonyl (C=O) groups excluding carboxylic acids is 1. The average Bonchev–Trinajstić information content (AvgIpc) is 2.78. The summed E-state index contributed by atoms with van der Waals surface area (Å²) in [5.41, 5.74) is 8.62. The van der Waals surface area contributed by atoms with Gasteiger partial charge >= 0.3 is 0 Å². The molecular weight excluding hydrogens is 250 g/mol. The standard InChI is InChI=1S/C16H25N3O/c1-5-13-8-6-11(2)19(13)15-9-7-12(10-14(15)17)16(20)18(3)4/h7,9-11,13H,5-6,8,17H2,1-4H3. The van der Waals surface area contributed by atoms with Crippen LogP contribution in [0.25, 0.3) is 0 Å². The largest absolute Gasteiger partial charge is 0.397 e. The SMILES string of the molecule is CCC1CCC(C)N1c1ccc(C(=O)N(C)C)cc1N. The van der Waals surface area contributed by atoms with Crippen LogP contribution < -0.4 is 10.6 Å². The van der Waals surface area contributed by atoms with Crippen molar-refractivity contribution in [3.63, 3.8) is 0 Å². The Balaban J connectivity index is 2.32. The Kier molecular flexibility index (Phi) is 4.21. The van der Waals surface area contributed by atoms with Crippen molar-refractivity contribution in [2.45, 2.75) is 45.2 Å². The van der Waals surface area contributed by atoms with Crippen LogP contribution in [0.3, 0.4) is 0 Å². The lowest BCUT2D eigenvalue weighted by Crippen LogP contribution is -2.34. The van der Waals surface area contributed by atoms with Gasteiger partial charge in [0, 0.05) is 31.7 Å². The number of carbonyl (C=O) groups is 1. The molecule has 0 spiro atoms. The lowest BCUT2D eigenvalue weighted by molar-refractivity contribution is 0.0827. The van der Waals surface area contributed by atoms with Crippen molar-refractivity contribution >= 4 is 17.3 Å². The zero-order valence-corrected chi connectivity index (χ0v) is 12.9. The van der Waals surface area contributed by atoms with Crippen LogP contribution in [0, 0.1) is 0 Å². The van der Waals surface area contributed by atoms with E-state index in [2.05, 4.69) is 18.7 Å². The van der Waals surface area contributed by atoms with Crippen molar-refractivity contribution in [1.29, 1.82) is 0 Å². The van der Waals surface area contributed by atoms with Crippen LogP contribution in [0.1, 0.15) is 43.5 Å². The number of nitrogens with two attached hydrogens (primary N) is 1. The lowest BCUT2D eigenvalue weighted by Gasteiger charge is -2.31. The van der Waals surface area contributed by atoms with Crippen LogP contribution in [0.4, 0.5) is 11.4 Å². The fourth-order valence-electron chi connectivity index (χ4n) is 3.09. The summed E-state index contributed by atoms with van der Waals surface area (Å²) in [6.45, 7) is 4.46. The maximum Gasteiger partial charge on any atom is 0.253 e. The van der Waals surface area contributed by atoms with Crippen LogP contribution in [-0.4, -0.2) is 37.0 Å². The van der Waals surface area contributed by atoms with Crippen molar-refractivity contribution in [3.8, 4) is 0 Å². The van der Waals surface area contributed by atoms with Gasteiger partial charge < -0.3 is 15.5 Å². The van der Waals surface area contributed by atoms with E-state index in [-0.39, 0.29) is 5.91 Å². The molecule has 0 aliphatic carbocycles. The summed E-state index contributed by atoms with van der Waals surface area (Å²) in [5, 5.41) is 0. The molecule has 0 saturated carbocycles. The maximum absolute atomic E-state index is 12.0. The molecule has 0 aromatic heterocycles. The van der Waals surface area contributed by atoms with Gasteiger partial charge in [-0.3, -0.25) is 4.79 Å². The predicted molar refractivity (Wildman–Crippen MR) is 84.1 cm³/mol. The van der Waals surface area contributed by atoms with E-state index in [4.69, 9.17) is 5.73 Å². The van der Waals surface area contributed by atoms with Crippen molar-refractivity contribution < 1.29 is 4.79 Å². The summed E-state index contributed by atoms with van der Waals surface area (Å²) in [5.74, 6) is -0.00948. The zero-order chi connectivity index (χ0) is 14.9. The van der Waals surface area contributed by atoms with Gasteiger partial charge in [0.25, 0.3) is 5.91 Å². The molecule has 1 heterocycles. The second-order valence-corrected chi connectivity index (χ2v) is 5.87. The molecule has 2 rings (SSSR count). The second-order valence-electron chi connectivity index (χ2n) is 5.87. The number of benzene rings is 1. The van der Waals surface area contributed by atoms with Gasteiger partial charge in [0.1, 0.15) is 0 Å². The van der Waals surface area contributed by atoms with Crippen molar-refractivity contribution in [3.05, 3.63) is 23.8 Å². The maximum atomic E-state index is 12.0. The number of hydrogen-bond donors (Lipinski definition) is 1. The fraction of sp³-hybridized carbons (Fsp3) is 0.562. The molecule has 2 atom stereocenters. The fourth-order valence-corrected chi connectivity index (χ4v) is 3.09. The number of hydrogen-bond acceptors (Lipinski definition) is 3. The van der Waals surface area contributed by atoms with Gasteiger partial charge in [0.05, 0.1) is 11.4 Å². The minimum absolute atomic E-state index is 0.00948. The van der Waals surface area contributed by atoms with Gasteiger partial charge in [-0.05, 0) is 44.4 Å². The van der Waals surface area contributed by atoms with Gasteiger partial charge in [0.15, 0.2) is 0 Å². The summed E-state index contributed by atoms with van der Waals surface area (Å²) < 4.78 is 0. The molecule has 1 saturated heterocycles. The Morgan fingerprint density at radius 1 is 1.40 bits per heavy atom. The number of rotatable bonds is 3. The number of nitrogens with zero attached hydrogens (tertiary/aromatic N) is 2. The molecule has 2 N–H and O–H groups in total. The first kappa shape index (κ1) is 14.7. The van der Waals surface area contributed by atoms with E-state index in [1.54, 1.807) is 25.1 Å². The summed E-state index contributed by atoms with van der Waals surface area (Å²) in [6.07, 6.45) is 3.55. The minimum Gasteiger partial charge on any atom is -0.397 e. The number of anilines is 2. The third-order valence-electron chi connectivity index (χ3n) is 4.22. The highest BCUT2D eigenvalue weighted by Crippen LogP contribution is 2.35. The Labute approximate surface area is 121 Å². The summed E-state index contributed by atoms with van der Waals surface area (Å²) in [4.78, 5) is 16.0. The molecule has 1 aliphatic heterocycles. The van der Waals surface area contributed by atoms with Crippen molar-refractivity contribution in [2.24, 2.45) is 0 Å². The van der Waals surface area contributed by atoms with Crippen LogP contribution in [-0.2, 0) is 0 Å². The number of amides is 1. The quantitative estimate of drug-likeness (QED) is 0.863. The second kappa shape index (κ2) is 5.73. The highest BCUT2D eigenvalue weighted by molar-refractivity contribution is 5.96. The summed E-state index contributed by atoms with van der Waals surface area (Å²) in [7, 11) is 3.50. The third-order valence-corrected chi connectivity index (χ3v) is 4.22.